The van der Waals surface area contributed by atoms with E-state index in [2.05, 4.69) is 22.2 Å². The average Bonchev–Trinajstić information content (AvgIpc) is 2.92. The van der Waals surface area contributed by atoms with Crippen molar-refractivity contribution in [2.45, 2.75) is 13.0 Å². The molecule has 3 nitrogen and oxygen atoms in total. The lowest BCUT2D eigenvalue weighted by atomic mass is 10.1. The highest BCUT2D eigenvalue weighted by Gasteiger charge is 2.10. The molecule has 0 amide bonds. The summed E-state index contributed by atoms with van der Waals surface area (Å²) in [6, 6.07) is 7.93. The number of rotatable bonds is 3. The molecule has 0 aliphatic rings. The summed E-state index contributed by atoms with van der Waals surface area (Å²) in [6.45, 7) is 2.10. The highest BCUT2D eigenvalue weighted by Crippen LogP contribution is 2.29. The number of thiazole rings is 1. The van der Waals surface area contributed by atoms with Crippen molar-refractivity contribution < 1.29 is 0 Å². The number of benzene rings is 1. The highest BCUT2D eigenvalue weighted by atomic mass is 35.5. The molecule has 1 N–H and O–H groups in total. The molecular weight excluding hydrogens is 278 g/mol. The first-order valence-electron chi connectivity index (χ1n) is 5.93. The minimum absolute atomic E-state index is 0.177. The van der Waals surface area contributed by atoms with Gasteiger partial charge in [-0.15, -0.1) is 11.3 Å². The molecule has 0 bridgehead atoms. The van der Waals surface area contributed by atoms with Crippen LogP contribution >= 0.6 is 22.9 Å². The van der Waals surface area contributed by atoms with Gasteiger partial charge in [0.15, 0.2) is 0 Å². The third kappa shape index (κ3) is 2.55. The maximum Gasteiger partial charge on any atom is 0.0934 e. The quantitative estimate of drug-likeness (QED) is 0.770. The molecule has 1 unspecified atom stereocenters. The van der Waals surface area contributed by atoms with E-state index in [0.29, 0.717) is 5.02 Å². The number of hydrogen-bond acceptors (Lipinski definition) is 4. The van der Waals surface area contributed by atoms with Crippen molar-refractivity contribution in [3.63, 3.8) is 0 Å². The van der Waals surface area contributed by atoms with Crippen LogP contribution in [0.25, 0.3) is 10.9 Å². The first-order chi connectivity index (χ1) is 9.24. The van der Waals surface area contributed by atoms with Crippen molar-refractivity contribution in [2.24, 2.45) is 0 Å². The van der Waals surface area contributed by atoms with Crippen LogP contribution in [-0.4, -0.2) is 9.97 Å². The Morgan fingerprint density at radius 2 is 2.26 bits per heavy atom. The Kier molecular flexibility index (Phi) is 3.36. The van der Waals surface area contributed by atoms with Crippen LogP contribution in [-0.2, 0) is 0 Å². The van der Waals surface area contributed by atoms with Gasteiger partial charge in [-0.2, -0.15) is 0 Å². The van der Waals surface area contributed by atoms with Crippen molar-refractivity contribution in [1.29, 1.82) is 0 Å². The Hall–Kier alpha value is -1.65. The van der Waals surface area contributed by atoms with E-state index >= 15 is 0 Å². The van der Waals surface area contributed by atoms with Crippen molar-refractivity contribution in [2.75, 3.05) is 5.32 Å². The summed E-state index contributed by atoms with van der Waals surface area (Å²) in [5.41, 5.74) is 3.72. The second-order valence-electron chi connectivity index (χ2n) is 4.30. The van der Waals surface area contributed by atoms with E-state index < -0.39 is 0 Å². The second-order valence-corrected chi connectivity index (χ2v) is 5.65. The summed E-state index contributed by atoms with van der Waals surface area (Å²) in [5, 5.41) is 5.20. The number of nitrogens with one attached hydrogen (secondary N) is 1. The van der Waals surface area contributed by atoms with Crippen LogP contribution < -0.4 is 5.32 Å². The predicted octanol–water partition coefficient (Wildman–Crippen LogP) is 4.52. The monoisotopic (exact) mass is 289 g/mol. The molecule has 3 rings (SSSR count). The summed E-state index contributed by atoms with van der Waals surface area (Å²) in [5.74, 6) is 0. The summed E-state index contributed by atoms with van der Waals surface area (Å²) < 4.78 is 0. The lowest BCUT2D eigenvalue weighted by Gasteiger charge is -2.15. The predicted molar refractivity (Wildman–Crippen MR) is 80.9 cm³/mol. The van der Waals surface area contributed by atoms with E-state index in [1.165, 1.54) is 4.88 Å². The van der Waals surface area contributed by atoms with Crippen LogP contribution in [0, 0.1) is 0 Å². The van der Waals surface area contributed by atoms with E-state index in [0.717, 1.165) is 16.6 Å². The fraction of sp³-hybridized carbons (Fsp3) is 0.143. The molecule has 2 aromatic heterocycles. The van der Waals surface area contributed by atoms with Crippen LogP contribution in [0.15, 0.2) is 42.2 Å². The largest absolute Gasteiger partial charge is 0.376 e. The van der Waals surface area contributed by atoms with Gasteiger partial charge >= 0.3 is 0 Å². The van der Waals surface area contributed by atoms with Crippen molar-refractivity contribution in [1.82, 2.24) is 9.97 Å². The average molecular weight is 290 g/mol. The van der Waals surface area contributed by atoms with Crippen molar-refractivity contribution >= 4 is 39.5 Å². The normalized spacial score (nSPS) is 12.5. The van der Waals surface area contributed by atoms with E-state index in [1.807, 2.05) is 36.0 Å². The molecule has 5 heteroatoms. The van der Waals surface area contributed by atoms with Crippen LogP contribution in [0.3, 0.4) is 0 Å². The van der Waals surface area contributed by atoms with E-state index in [4.69, 9.17) is 11.6 Å². The van der Waals surface area contributed by atoms with E-state index in [9.17, 15) is 0 Å². The van der Waals surface area contributed by atoms with Gasteiger partial charge in [0.25, 0.3) is 0 Å². The zero-order valence-corrected chi connectivity index (χ0v) is 11.9. The molecule has 19 heavy (non-hydrogen) atoms. The Labute approximate surface area is 120 Å². The van der Waals surface area contributed by atoms with Gasteiger partial charge < -0.3 is 5.32 Å². The zero-order chi connectivity index (χ0) is 13.2. The van der Waals surface area contributed by atoms with Crippen LogP contribution in [0.1, 0.15) is 17.8 Å². The maximum atomic E-state index is 6.15. The molecule has 0 radical (unpaired) electrons. The first kappa shape index (κ1) is 12.4. The zero-order valence-electron chi connectivity index (χ0n) is 10.3. The van der Waals surface area contributed by atoms with Gasteiger partial charge in [-0.05, 0) is 25.1 Å². The fourth-order valence-corrected chi connectivity index (χ4v) is 2.86. The Morgan fingerprint density at radius 1 is 1.37 bits per heavy atom. The van der Waals surface area contributed by atoms with Crippen LogP contribution in [0.5, 0.6) is 0 Å². The third-order valence-electron chi connectivity index (χ3n) is 2.92. The standard InChI is InChI=1S/C14H12ClN3S/c1-9(13-7-16-8-19-13)18-12-6-11(15)5-10-3-2-4-17-14(10)12/h2-9,18H,1H3. The highest BCUT2D eigenvalue weighted by molar-refractivity contribution is 7.09. The van der Waals surface area contributed by atoms with Gasteiger partial charge in [0.2, 0.25) is 0 Å². The van der Waals surface area contributed by atoms with E-state index in [-0.39, 0.29) is 6.04 Å². The van der Waals surface area contributed by atoms with Crippen molar-refractivity contribution in [3.05, 3.63) is 52.1 Å². The number of nitrogens with zero attached hydrogens (tertiary/aromatic N) is 2. The second kappa shape index (κ2) is 5.15. The SMILES string of the molecule is CC(Nc1cc(Cl)cc2cccnc12)c1cncs1. The topological polar surface area (TPSA) is 37.8 Å². The molecule has 0 aliphatic carbocycles. The van der Waals surface area contributed by atoms with Gasteiger partial charge in [0.1, 0.15) is 0 Å². The molecule has 2 heterocycles. The Bertz CT molecular complexity index is 697. The molecule has 96 valence electrons. The molecule has 0 aliphatic heterocycles. The van der Waals surface area contributed by atoms with Crippen LogP contribution in [0.4, 0.5) is 5.69 Å². The van der Waals surface area contributed by atoms with Crippen LogP contribution in [0.2, 0.25) is 5.02 Å². The minimum atomic E-state index is 0.177. The number of pyridine rings is 1. The van der Waals surface area contributed by atoms with Gasteiger partial charge in [-0.25, -0.2) is 0 Å². The number of hydrogen-bond donors (Lipinski definition) is 1. The summed E-state index contributed by atoms with van der Waals surface area (Å²) in [4.78, 5) is 9.71. The molecular formula is C14H12ClN3S. The fourth-order valence-electron chi connectivity index (χ4n) is 2.01. The molecule has 0 spiro atoms. The number of fused-ring (bicyclic) bond motifs is 1. The molecule has 1 atom stereocenters. The molecule has 0 fully saturated rings. The number of anilines is 1. The van der Waals surface area contributed by atoms with E-state index in [1.54, 1.807) is 17.5 Å². The Morgan fingerprint density at radius 3 is 3.05 bits per heavy atom. The third-order valence-corrected chi connectivity index (χ3v) is 4.10. The summed E-state index contributed by atoms with van der Waals surface area (Å²) in [7, 11) is 0. The number of halogens is 1. The molecule has 3 aromatic rings. The van der Waals surface area contributed by atoms with Gasteiger partial charge in [-0.1, -0.05) is 17.7 Å². The lowest BCUT2D eigenvalue weighted by Crippen LogP contribution is -2.05. The molecule has 1 aromatic carbocycles. The Balaban J connectivity index is 2.00. The maximum absolute atomic E-state index is 6.15. The first-order valence-corrected chi connectivity index (χ1v) is 7.19. The number of aromatic nitrogens is 2. The summed E-state index contributed by atoms with van der Waals surface area (Å²) >= 11 is 7.79. The smallest absolute Gasteiger partial charge is 0.0934 e. The summed E-state index contributed by atoms with van der Waals surface area (Å²) in [6.07, 6.45) is 3.67. The minimum Gasteiger partial charge on any atom is -0.376 e. The molecule has 0 saturated heterocycles. The lowest BCUT2D eigenvalue weighted by molar-refractivity contribution is 0.905. The van der Waals surface area contributed by atoms with Gasteiger partial charge in [0, 0.05) is 27.7 Å². The van der Waals surface area contributed by atoms with Crippen molar-refractivity contribution in [3.8, 4) is 0 Å². The van der Waals surface area contributed by atoms with Gasteiger partial charge in [0.05, 0.1) is 22.8 Å². The molecule has 0 saturated carbocycles. The van der Waals surface area contributed by atoms with Gasteiger partial charge in [-0.3, -0.25) is 9.97 Å².